The van der Waals surface area contributed by atoms with E-state index in [9.17, 15) is 13.2 Å². The third-order valence-corrected chi connectivity index (χ3v) is 3.97. The van der Waals surface area contributed by atoms with Gasteiger partial charge in [0.05, 0.1) is 5.69 Å². The minimum atomic E-state index is -3.75. The van der Waals surface area contributed by atoms with Crippen LogP contribution in [0.3, 0.4) is 0 Å². The van der Waals surface area contributed by atoms with Gasteiger partial charge in [-0.25, -0.2) is 8.42 Å². The van der Waals surface area contributed by atoms with Crippen LogP contribution in [0.5, 0.6) is 0 Å². The van der Waals surface area contributed by atoms with Gasteiger partial charge in [-0.1, -0.05) is 11.6 Å². The monoisotopic (exact) mass is 299 g/mol. The molecule has 0 amide bonds. The van der Waals surface area contributed by atoms with E-state index in [2.05, 4.69) is 9.71 Å². The number of anilines is 1. The molecule has 100 valence electrons. The number of hydrogen-bond donors (Lipinski definition) is 1. The van der Waals surface area contributed by atoms with Crippen molar-refractivity contribution in [3.8, 4) is 0 Å². The predicted octanol–water partition coefficient (Wildman–Crippen LogP) is 1.23. The van der Waals surface area contributed by atoms with Crippen molar-refractivity contribution in [1.82, 2.24) is 9.55 Å². The van der Waals surface area contributed by atoms with Gasteiger partial charge in [0.2, 0.25) is 0 Å². The molecule has 0 aromatic carbocycles. The Bertz CT molecular complexity index is 730. The molecule has 2 rings (SSSR count). The van der Waals surface area contributed by atoms with Crippen LogP contribution in [0.4, 0.5) is 5.69 Å². The van der Waals surface area contributed by atoms with Gasteiger partial charge in [-0.15, -0.1) is 0 Å². The molecule has 0 aliphatic carbocycles. The third kappa shape index (κ3) is 2.94. The lowest BCUT2D eigenvalue weighted by molar-refractivity contribution is 0.600. The minimum Gasteiger partial charge on any atom is -0.315 e. The fourth-order valence-corrected chi connectivity index (χ4v) is 2.70. The van der Waals surface area contributed by atoms with E-state index in [4.69, 9.17) is 11.6 Å². The van der Waals surface area contributed by atoms with E-state index < -0.39 is 15.6 Å². The van der Waals surface area contributed by atoms with E-state index in [1.165, 1.54) is 48.4 Å². The Labute approximate surface area is 114 Å². The summed E-state index contributed by atoms with van der Waals surface area (Å²) in [5.41, 5.74) is -0.193. The second-order valence-corrected chi connectivity index (χ2v) is 5.88. The Kier molecular flexibility index (Phi) is 3.59. The molecule has 0 radical (unpaired) electrons. The van der Waals surface area contributed by atoms with Crippen molar-refractivity contribution in [3.05, 3.63) is 52.2 Å². The lowest BCUT2D eigenvalue weighted by Gasteiger charge is -2.09. The smallest absolute Gasteiger partial charge is 0.269 e. The van der Waals surface area contributed by atoms with Gasteiger partial charge in [-0.2, -0.15) is 0 Å². The second kappa shape index (κ2) is 5.02. The lowest BCUT2D eigenvalue weighted by atomic mass is 10.4. The highest BCUT2D eigenvalue weighted by Gasteiger charge is 2.15. The third-order valence-electron chi connectivity index (χ3n) is 2.34. The molecule has 2 aromatic heterocycles. The molecular formula is C11H10ClN3O3S. The number of nitrogens with one attached hydrogen (secondary N) is 1. The zero-order chi connectivity index (χ0) is 14.0. The molecule has 0 atom stereocenters. The summed E-state index contributed by atoms with van der Waals surface area (Å²) in [5.74, 6) is 0. The molecule has 0 aliphatic heterocycles. The number of nitrogens with zero attached hydrogens (tertiary/aromatic N) is 2. The van der Waals surface area contributed by atoms with E-state index in [0.717, 1.165) is 0 Å². The molecule has 1 N–H and O–H groups in total. The van der Waals surface area contributed by atoms with Gasteiger partial charge in [0.1, 0.15) is 9.92 Å². The maximum Gasteiger partial charge on any atom is 0.269 e. The van der Waals surface area contributed by atoms with Gasteiger partial charge in [-0.3, -0.25) is 14.5 Å². The Morgan fingerprint density at radius 2 is 2.16 bits per heavy atom. The zero-order valence-electron chi connectivity index (χ0n) is 9.87. The van der Waals surface area contributed by atoms with Gasteiger partial charge in [0, 0.05) is 25.6 Å². The molecule has 19 heavy (non-hydrogen) atoms. The summed E-state index contributed by atoms with van der Waals surface area (Å²) in [6.07, 6.45) is 4.05. The first-order chi connectivity index (χ1) is 8.90. The van der Waals surface area contributed by atoms with Gasteiger partial charge in [-0.05, 0) is 18.2 Å². The number of aromatic nitrogens is 2. The fourth-order valence-electron chi connectivity index (χ4n) is 1.45. The molecule has 0 aliphatic rings. The molecule has 6 nitrogen and oxygen atoms in total. The summed E-state index contributed by atoms with van der Waals surface area (Å²) in [4.78, 5) is 15.2. The quantitative estimate of drug-likeness (QED) is 0.924. The second-order valence-electron chi connectivity index (χ2n) is 3.79. The van der Waals surface area contributed by atoms with Crippen molar-refractivity contribution in [2.24, 2.45) is 7.05 Å². The van der Waals surface area contributed by atoms with Crippen molar-refractivity contribution in [1.29, 1.82) is 0 Å². The van der Waals surface area contributed by atoms with E-state index in [0.29, 0.717) is 0 Å². The Morgan fingerprint density at radius 1 is 1.42 bits per heavy atom. The molecule has 8 heteroatoms. The topological polar surface area (TPSA) is 81.1 Å². The Balaban J connectivity index is 2.39. The first kappa shape index (κ1) is 13.6. The minimum absolute atomic E-state index is 0.0278. The molecule has 0 saturated heterocycles. The molecular weight excluding hydrogens is 290 g/mol. The summed E-state index contributed by atoms with van der Waals surface area (Å²) < 4.78 is 27.6. The van der Waals surface area contributed by atoms with E-state index in [-0.39, 0.29) is 15.6 Å². The van der Waals surface area contributed by atoms with Crippen molar-refractivity contribution < 1.29 is 8.42 Å². The standard InChI is InChI=1S/C11H10ClN3O3S/c1-15-7-8(5-10(12)11(15)16)14-19(17,18)9-3-2-4-13-6-9/h2-7,14H,1H3. The zero-order valence-corrected chi connectivity index (χ0v) is 11.4. The maximum atomic E-state index is 12.0. The van der Waals surface area contributed by atoms with E-state index in [1.807, 2.05) is 0 Å². The van der Waals surface area contributed by atoms with Gasteiger partial charge < -0.3 is 4.57 Å². The molecule has 0 saturated carbocycles. The number of sulfonamides is 1. The van der Waals surface area contributed by atoms with Crippen molar-refractivity contribution in [3.63, 3.8) is 0 Å². The summed E-state index contributed by atoms with van der Waals surface area (Å²) in [7, 11) is -2.26. The van der Waals surface area contributed by atoms with Gasteiger partial charge in [0.15, 0.2) is 0 Å². The van der Waals surface area contributed by atoms with Crippen LogP contribution in [-0.4, -0.2) is 18.0 Å². The largest absolute Gasteiger partial charge is 0.315 e. The van der Waals surface area contributed by atoms with E-state index >= 15 is 0 Å². The molecule has 2 aromatic rings. The number of halogens is 1. The van der Waals surface area contributed by atoms with Crippen LogP contribution in [0.25, 0.3) is 0 Å². The fraction of sp³-hybridized carbons (Fsp3) is 0.0909. The van der Waals surface area contributed by atoms with Crippen LogP contribution in [0.1, 0.15) is 0 Å². The first-order valence-electron chi connectivity index (χ1n) is 5.19. The molecule has 0 unspecified atom stereocenters. The summed E-state index contributed by atoms with van der Waals surface area (Å²) >= 11 is 5.71. The Morgan fingerprint density at radius 3 is 2.74 bits per heavy atom. The number of pyridine rings is 2. The first-order valence-corrected chi connectivity index (χ1v) is 7.05. The summed E-state index contributed by atoms with van der Waals surface area (Å²) in [6, 6.07) is 4.19. The number of aryl methyl sites for hydroxylation is 1. The van der Waals surface area contributed by atoms with Gasteiger partial charge >= 0.3 is 0 Å². The molecule has 0 bridgehead atoms. The van der Waals surface area contributed by atoms with Gasteiger partial charge in [0.25, 0.3) is 15.6 Å². The molecule has 0 fully saturated rings. The highest BCUT2D eigenvalue weighted by atomic mass is 35.5. The van der Waals surface area contributed by atoms with Crippen molar-refractivity contribution >= 4 is 27.3 Å². The van der Waals surface area contributed by atoms with Crippen LogP contribution in [0.2, 0.25) is 5.02 Å². The SMILES string of the molecule is Cn1cc(NS(=O)(=O)c2cccnc2)cc(Cl)c1=O. The van der Waals surface area contributed by atoms with Crippen LogP contribution in [0.15, 0.2) is 46.5 Å². The number of rotatable bonds is 3. The lowest BCUT2D eigenvalue weighted by Crippen LogP contribution is -2.19. The van der Waals surface area contributed by atoms with Crippen LogP contribution < -0.4 is 10.3 Å². The highest BCUT2D eigenvalue weighted by molar-refractivity contribution is 7.92. The van der Waals surface area contributed by atoms with Crippen LogP contribution in [0, 0.1) is 0 Å². The molecule has 2 heterocycles. The number of hydrogen-bond acceptors (Lipinski definition) is 4. The predicted molar refractivity (Wildman–Crippen MR) is 71.7 cm³/mol. The Hall–Kier alpha value is -1.86. The summed E-state index contributed by atoms with van der Waals surface area (Å²) in [6.45, 7) is 0. The average molecular weight is 300 g/mol. The normalized spacial score (nSPS) is 11.3. The van der Waals surface area contributed by atoms with Crippen LogP contribution >= 0.6 is 11.6 Å². The summed E-state index contributed by atoms with van der Waals surface area (Å²) in [5, 5.41) is -0.0612. The maximum absolute atomic E-state index is 12.0. The van der Waals surface area contributed by atoms with Crippen molar-refractivity contribution in [2.45, 2.75) is 4.90 Å². The highest BCUT2D eigenvalue weighted by Crippen LogP contribution is 2.16. The average Bonchev–Trinajstić information content (AvgIpc) is 2.36. The van der Waals surface area contributed by atoms with E-state index in [1.54, 1.807) is 0 Å². The van der Waals surface area contributed by atoms with Crippen LogP contribution in [-0.2, 0) is 17.1 Å². The van der Waals surface area contributed by atoms with Crippen molar-refractivity contribution in [2.75, 3.05) is 4.72 Å². The molecule has 0 spiro atoms.